The fraction of sp³-hybridized carbons (Fsp3) is 0.250. The molecule has 0 N–H and O–H groups in total. The van der Waals surface area contributed by atoms with E-state index in [9.17, 15) is 2.74 Å². The summed E-state index contributed by atoms with van der Waals surface area (Å²) in [4.78, 5) is 0. The molecule has 146 valence electrons. The summed E-state index contributed by atoms with van der Waals surface area (Å²) in [5, 5.41) is 3.15. The van der Waals surface area contributed by atoms with E-state index in [4.69, 9.17) is 9.47 Å². The fourth-order valence-corrected chi connectivity index (χ4v) is 7.36. The molecule has 4 heteroatoms. The standard InChI is InChI=1S/C24H26O2P.ClH/c1-4-11-21(12-5-1)27(22-13-6-2-7-14-22,23-15-8-3-9-16-23)20-10-17-24-25-18-19-26-24;/h1-9,11-16,24H,10,17-20H2;1H/q+1;/p-1/i20D2;. The van der Waals surface area contributed by atoms with Crippen LogP contribution in [0.5, 0.6) is 0 Å². The summed E-state index contributed by atoms with van der Waals surface area (Å²) in [6.07, 6.45) is -0.869. The predicted octanol–water partition coefficient (Wildman–Crippen LogP) is 1.14. The molecule has 28 heavy (non-hydrogen) atoms. The van der Waals surface area contributed by atoms with Crippen LogP contribution < -0.4 is 28.3 Å². The summed E-state index contributed by atoms with van der Waals surface area (Å²) in [5.41, 5.74) is 0. The highest BCUT2D eigenvalue weighted by molar-refractivity contribution is 7.95. The molecule has 1 aliphatic rings. The topological polar surface area (TPSA) is 18.5 Å². The second-order valence-corrected chi connectivity index (χ2v) is 9.75. The Morgan fingerprint density at radius 3 is 1.50 bits per heavy atom. The first-order valence-corrected chi connectivity index (χ1v) is 11.2. The zero-order chi connectivity index (χ0) is 20.2. The Labute approximate surface area is 177 Å². The first-order chi connectivity index (χ1) is 14.1. The van der Waals surface area contributed by atoms with Gasteiger partial charge in [0.15, 0.2) is 6.29 Å². The van der Waals surface area contributed by atoms with Gasteiger partial charge in [0.05, 0.1) is 22.1 Å². The van der Waals surface area contributed by atoms with Crippen LogP contribution in [0.15, 0.2) is 91.0 Å². The molecule has 0 saturated carbocycles. The molecule has 0 radical (unpaired) electrons. The van der Waals surface area contributed by atoms with Crippen LogP contribution in [-0.2, 0) is 9.47 Å². The van der Waals surface area contributed by atoms with Crippen molar-refractivity contribution in [3.63, 3.8) is 0 Å². The molecule has 1 heterocycles. The SMILES string of the molecule is [2H]C([2H])(CCC1OCCO1)[P+](c1ccccc1)(c1ccccc1)c1ccccc1.[Cl-]. The monoisotopic (exact) mass is 414 g/mol. The zero-order valence-corrected chi connectivity index (χ0v) is 17.4. The first-order valence-electron chi connectivity index (χ1n) is 10.4. The van der Waals surface area contributed by atoms with Crippen molar-refractivity contribution in [1.29, 1.82) is 0 Å². The second-order valence-electron chi connectivity index (χ2n) is 6.55. The number of hydrogen-bond acceptors (Lipinski definition) is 2. The van der Waals surface area contributed by atoms with Crippen LogP contribution in [0.1, 0.15) is 15.6 Å². The van der Waals surface area contributed by atoms with Gasteiger partial charge < -0.3 is 21.9 Å². The van der Waals surface area contributed by atoms with Gasteiger partial charge in [-0.05, 0) is 42.8 Å². The smallest absolute Gasteiger partial charge is 0.157 e. The third-order valence-electron chi connectivity index (χ3n) is 4.85. The highest BCUT2D eigenvalue weighted by Gasteiger charge is 2.44. The highest BCUT2D eigenvalue weighted by Crippen LogP contribution is 2.56. The van der Waals surface area contributed by atoms with Crippen molar-refractivity contribution in [3.8, 4) is 0 Å². The number of halogens is 1. The minimum Gasteiger partial charge on any atom is -1.00 e. The van der Waals surface area contributed by atoms with Crippen LogP contribution in [0, 0.1) is 0 Å². The Bertz CT molecular complexity index is 808. The number of ether oxygens (including phenoxy) is 2. The van der Waals surface area contributed by atoms with E-state index in [0.717, 1.165) is 15.9 Å². The molecule has 3 aromatic carbocycles. The number of benzene rings is 3. The Balaban J connectivity index is 0.00000256. The van der Waals surface area contributed by atoms with Gasteiger partial charge in [0.1, 0.15) is 23.2 Å². The maximum atomic E-state index is 9.41. The van der Waals surface area contributed by atoms with Gasteiger partial charge in [0.2, 0.25) is 0 Å². The van der Waals surface area contributed by atoms with Crippen molar-refractivity contribution in [3.05, 3.63) is 91.0 Å². The normalized spacial score (nSPS) is 16.1. The van der Waals surface area contributed by atoms with Gasteiger partial charge in [-0.1, -0.05) is 54.6 Å². The summed E-state index contributed by atoms with van der Waals surface area (Å²) < 4.78 is 30.0. The molecule has 1 aliphatic heterocycles. The van der Waals surface area contributed by atoms with Crippen LogP contribution >= 0.6 is 7.26 Å². The molecular formula is C24H26ClO2P. The van der Waals surface area contributed by atoms with Crippen molar-refractivity contribution in [2.24, 2.45) is 0 Å². The van der Waals surface area contributed by atoms with Gasteiger partial charge in [0.25, 0.3) is 0 Å². The van der Waals surface area contributed by atoms with Crippen molar-refractivity contribution < 1.29 is 24.6 Å². The third-order valence-corrected chi connectivity index (χ3v) is 8.77. The average molecular weight is 415 g/mol. The fourth-order valence-electron chi connectivity index (χ4n) is 3.60. The Kier molecular flexibility index (Phi) is 6.67. The molecule has 0 aromatic heterocycles. The Hall–Kier alpha value is -1.70. The predicted molar refractivity (Wildman–Crippen MR) is 115 cm³/mol. The molecule has 4 rings (SSSR count). The second kappa shape index (κ2) is 10.2. The summed E-state index contributed by atoms with van der Waals surface area (Å²) in [7, 11) is -2.59. The molecule has 3 aromatic rings. The molecule has 0 atom stereocenters. The van der Waals surface area contributed by atoms with Crippen LogP contribution in [0.2, 0.25) is 0 Å². The van der Waals surface area contributed by atoms with Gasteiger partial charge >= 0.3 is 0 Å². The maximum Gasteiger partial charge on any atom is 0.157 e. The van der Waals surface area contributed by atoms with Crippen molar-refractivity contribution in [1.82, 2.24) is 0 Å². The summed E-state index contributed by atoms with van der Waals surface area (Å²) >= 11 is 0. The summed E-state index contributed by atoms with van der Waals surface area (Å²) in [5.74, 6) is 0. The van der Waals surface area contributed by atoms with Crippen molar-refractivity contribution in [2.75, 3.05) is 19.3 Å². The van der Waals surface area contributed by atoms with E-state index in [1.54, 1.807) is 0 Å². The molecule has 0 aliphatic carbocycles. The summed E-state index contributed by atoms with van der Waals surface area (Å²) in [6.45, 7) is 1.17. The van der Waals surface area contributed by atoms with E-state index in [0.29, 0.717) is 26.1 Å². The summed E-state index contributed by atoms with van der Waals surface area (Å²) in [6, 6.07) is 30.5. The minimum absolute atomic E-state index is 0. The lowest BCUT2D eigenvalue weighted by atomic mass is 10.3. The molecule has 0 amide bonds. The molecule has 0 unspecified atom stereocenters. The number of hydrogen-bond donors (Lipinski definition) is 0. The van der Waals surface area contributed by atoms with Gasteiger partial charge in [-0.2, -0.15) is 0 Å². The largest absolute Gasteiger partial charge is 1.00 e. The maximum absolute atomic E-state index is 9.41. The average Bonchev–Trinajstić information content (AvgIpc) is 3.29. The Morgan fingerprint density at radius 1 is 0.714 bits per heavy atom. The molecule has 1 fully saturated rings. The lowest BCUT2D eigenvalue weighted by molar-refractivity contribution is -0.0467. The molecular weight excluding hydrogens is 387 g/mol. The van der Waals surface area contributed by atoms with E-state index in [2.05, 4.69) is 36.4 Å². The van der Waals surface area contributed by atoms with Gasteiger partial charge in [-0.3, -0.25) is 0 Å². The van der Waals surface area contributed by atoms with E-state index in [1.165, 1.54) is 0 Å². The van der Waals surface area contributed by atoms with E-state index in [1.807, 2.05) is 54.6 Å². The van der Waals surface area contributed by atoms with Gasteiger partial charge in [-0.15, -0.1) is 0 Å². The lowest BCUT2D eigenvalue weighted by Crippen LogP contribution is -3.00. The van der Waals surface area contributed by atoms with E-state index >= 15 is 0 Å². The molecule has 1 saturated heterocycles. The lowest BCUT2D eigenvalue weighted by Gasteiger charge is -2.28. The highest BCUT2D eigenvalue weighted by atomic mass is 35.5. The van der Waals surface area contributed by atoms with Crippen LogP contribution in [0.3, 0.4) is 0 Å². The number of rotatable bonds is 7. The van der Waals surface area contributed by atoms with E-state index in [-0.39, 0.29) is 18.7 Å². The van der Waals surface area contributed by atoms with Crippen LogP contribution in [-0.4, -0.2) is 25.6 Å². The first kappa shape index (κ1) is 18.3. The third kappa shape index (κ3) is 4.47. The molecule has 0 spiro atoms. The van der Waals surface area contributed by atoms with Crippen LogP contribution in [0.4, 0.5) is 0 Å². The van der Waals surface area contributed by atoms with E-state index < -0.39 is 13.4 Å². The molecule has 2 nitrogen and oxygen atoms in total. The van der Waals surface area contributed by atoms with Crippen molar-refractivity contribution in [2.45, 2.75) is 19.1 Å². The Morgan fingerprint density at radius 2 is 1.11 bits per heavy atom. The molecule has 0 bridgehead atoms. The quantitative estimate of drug-likeness (QED) is 0.540. The van der Waals surface area contributed by atoms with Crippen LogP contribution in [0.25, 0.3) is 0 Å². The van der Waals surface area contributed by atoms with Gasteiger partial charge in [-0.25, -0.2) is 0 Å². The zero-order valence-electron chi connectivity index (χ0n) is 17.7. The van der Waals surface area contributed by atoms with Crippen molar-refractivity contribution >= 4 is 23.2 Å². The van der Waals surface area contributed by atoms with Gasteiger partial charge in [0, 0.05) is 6.42 Å². The minimum atomic E-state index is -2.59.